The average Bonchev–Trinajstić information content (AvgIpc) is 2.57. The van der Waals surface area contributed by atoms with E-state index in [1.807, 2.05) is 0 Å². The molecule has 0 radical (unpaired) electrons. The average molecular weight is 308 g/mol. The molecule has 0 aromatic heterocycles. The van der Waals surface area contributed by atoms with E-state index in [1.54, 1.807) is 0 Å². The van der Waals surface area contributed by atoms with Gasteiger partial charge in [-0.25, -0.2) is 4.99 Å². The van der Waals surface area contributed by atoms with Crippen molar-refractivity contribution in [3.05, 3.63) is 0 Å². The van der Waals surface area contributed by atoms with Gasteiger partial charge in [-0.3, -0.25) is 0 Å². The molecule has 2 saturated carbocycles. The molecule has 2 fully saturated rings. The van der Waals surface area contributed by atoms with E-state index in [2.05, 4.69) is 24.1 Å². The maximum atomic E-state index is 5.19. The summed E-state index contributed by atoms with van der Waals surface area (Å²) in [5.41, 5.74) is 0. The first-order valence-electron chi connectivity index (χ1n) is 9.92. The second kappa shape index (κ2) is 10.1. The van der Waals surface area contributed by atoms with E-state index in [4.69, 9.17) is 4.99 Å². The Hall–Kier alpha value is -0.730. The van der Waals surface area contributed by atoms with Crippen LogP contribution in [0.4, 0.5) is 0 Å². The van der Waals surface area contributed by atoms with Crippen molar-refractivity contribution >= 4 is 5.96 Å². The van der Waals surface area contributed by atoms with E-state index in [0.717, 1.165) is 13.1 Å². The zero-order valence-corrected chi connectivity index (χ0v) is 14.9. The van der Waals surface area contributed by atoms with Crippen molar-refractivity contribution in [3.8, 4) is 0 Å². The van der Waals surface area contributed by atoms with Crippen LogP contribution >= 0.6 is 0 Å². The molecule has 1 N–H and O–H groups in total. The fourth-order valence-electron chi connectivity index (χ4n) is 3.79. The maximum Gasteiger partial charge on any atom is 0.194 e. The maximum absolute atomic E-state index is 5.19. The molecule has 0 spiro atoms. The third-order valence-corrected chi connectivity index (χ3v) is 5.28. The first kappa shape index (κ1) is 17.6. The lowest BCUT2D eigenvalue weighted by atomic mass is 9.95. The summed E-state index contributed by atoms with van der Waals surface area (Å²) in [6.07, 6.45) is 16.1. The standard InChI is InChI=1S/C19H37N3/c1-3-5-16-22(4-2)19(20-17-12-8-6-9-13-17)21-18-14-10-7-11-15-18/h17-18H,3-16H2,1-2H3,(H,20,21). The van der Waals surface area contributed by atoms with E-state index in [9.17, 15) is 0 Å². The summed E-state index contributed by atoms with van der Waals surface area (Å²) in [5, 5.41) is 3.84. The number of guanidine groups is 1. The van der Waals surface area contributed by atoms with Crippen molar-refractivity contribution in [3.63, 3.8) is 0 Å². The van der Waals surface area contributed by atoms with Crippen LogP contribution in [-0.4, -0.2) is 36.0 Å². The van der Waals surface area contributed by atoms with Crippen LogP contribution in [-0.2, 0) is 0 Å². The van der Waals surface area contributed by atoms with Crippen LogP contribution in [0.25, 0.3) is 0 Å². The molecule has 0 aliphatic heterocycles. The van der Waals surface area contributed by atoms with Gasteiger partial charge in [-0.1, -0.05) is 51.9 Å². The quantitative estimate of drug-likeness (QED) is 0.568. The fourth-order valence-corrected chi connectivity index (χ4v) is 3.79. The normalized spacial score (nSPS) is 21.8. The molecular weight excluding hydrogens is 270 g/mol. The molecule has 0 unspecified atom stereocenters. The van der Waals surface area contributed by atoms with Gasteiger partial charge in [0.15, 0.2) is 5.96 Å². The minimum Gasteiger partial charge on any atom is -0.353 e. The second-order valence-corrected chi connectivity index (χ2v) is 7.16. The molecule has 3 heteroatoms. The Bertz CT molecular complexity index is 315. The minimum atomic E-state index is 0.565. The highest BCUT2D eigenvalue weighted by molar-refractivity contribution is 5.80. The molecule has 0 heterocycles. The minimum absolute atomic E-state index is 0.565. The van der Waals surface area contributed by atoms with Crippen molar-refractivity contribution in [1.82, 2.24) is 10.2 Å². The molecule has 22 heavy (non-hydrogen) atoms. The third-order valence-electron chi connectivity index (χ3n) is 5.28. The number of hydrogen-bond donors (Lipinski definition) is 1. The Labute approximate surface area is 138 Å². The van der Waals surface area contributed by atoms with Gasteiger partial charge in [0.25, 0.3) is 0 Å². The summed E-state index contributed by atoms with van der Waals surface area (Å²) in [4.78, 5) is 7.68. The van der Waals surface area contributed by atoms with Gasteiger partial charge < -0.3 is 10.2 Å². The monoisotopic (exact) mass is 307 g/mol. The van der Waals surface area contributed by atoms with Gasteiger partial charge in [0.05, 0.1) is 6.04 Å². The van der Waals surface area contributed by atoms with Crippen LogP contribution in [0.3, 0.4) is 0 Å². The third kappa shape index (κ3) is 5.81. The summed E-state index contributed by atoms with van der Waals surface area (Å²) < 4.78 is 0. The number of rotatable bonds is 6. The van der Waals surface area contributed by atoms with Gasteiger partial charge >= 0.3 is 0 Å². The van der Waals surface area contributed by atoms with Crippen LogP contribution in [0.5, 0.6) is 0 Å². The molecule has 2 rings (SSSR count). The molecule has 0 amide bonds. The number of unbranched alkanes of at least 4 members (excludes halogenated alkanes) is 1. The van der Waals surface area contributed by atoms with Crippen molar-refractivity contribution in [2.75, 3.05) is 13.1 Å². The van der Waals surface area contributed by atoms with E-state index < -0.39 is 0 Å². The highest BCUT2D eigenvalue weighted by atomic mass is 15.3. The zero-order valence-electron chi connectivity index (χ0n) is 14.9. The number of nitrogens with zero attached hydrogens (tertiary/aromatic N) is 2. The Balaban J connectivity index is 2.01. The Morgan fingerprint density at radius 1 is 0.955 bits per heavy atom. The summed E-state index contributed by atoms with van der Waals surface area (Å²) in [6, 6.07) is 1.22. The van der Waals surface area contributed by atoms with E-state index in [-0.39, 0.29) is 0 Å². The van der Waals surface area contributed by atoms with Crippen LogP contribution in [0, 0.1) is 0 Å². The second-order valence-electron chi connectivity index (χ2n) is 7.16. The lowest BCUT2D eigenvalue weighted by molar-refractivity contribution is 0.359. The predicted molar refractivity (Wildman–Crippen MR) is 96.5 cm³/mol. The molecule has 3 nitrogen and oxygen atoms in total. The predicted octanol–water partition coefficient (Wildman–Crippen LogP) is 4.72. The van der Waals surface area contributed by atoms with Gasteiger partial charge in [0.1, 0.15) is 0 Å². The van der Waals surface area contributed by atoms with E-state index in [1.165, 1.54) is 83.0 Å². The Morgan fingerprint density at radius 2 is 1.59 bits per heavy atom. The summed E-state index contributed by atoms with van der Waals surface area (Å²) >= 11 is 0. The van der Waals surface area contributed by atoms with Crippen LogP contribution in [0.2, 0.25) is 0 Å². The van der Waals surface area contributed by atoms with Gasteiger partial charge in [-0.2, -0.15) is 0 Å². The fraction of sp³-hybridized carbons (Fsp3) is 0.947. The smallest absolute Gasteiger partial charge is 0.194 e. The molecule has 128 valence electrons. The molecule has 2 aliphatic rings. The van der Waals surface area contributed by atoms with Gasteiger partial charge in [0, 0.05) is 19.1 Å². The molecule has 0 atom stereocenters. The first-order chi connectivity index (χ1) is 10.8. The molecule has 0 bridgehead atoms. The van der Waals surface area contributed by atoms with Crippen molar-refractivity contribution in [2.24, 2.45) is 4.99 Å². The molecule has 0 aromatic carbocycles. The summed E-state index contributed by atoms with van der Waals surface area (Å²) in [6.45, 7) is 6.78. The van der Waals surface area contributed by atoms with Crippen molar-refractivity contribution in [2.45, 2.75) is 103 Å². The van der Waals surface area contributed by atoms with Crippen LogP contribution in [0.15, 0.2) is 4.99 Å². The molecule has 2 aliphatic carbocycles. The molecule has 0 aromatic rings. The number of hydrogen-bond acceptors (Lipinski definition) is 1. The van der Waals surface area contributed by atoms with E-state index >= 15 is 0 Å². The summed E-state index contributed by atoms with van der Waals surface area (Å²) in [7, 11) is 0. The van der Waals surface area contributed by atoms with Gasteiger partial charge in [-0.15, -0.1) is 0 Å². The summed E-state index contributed by atoms with van der Waals surface area (Å²) in [5.74, 6) is 1.22. The van der Waals surface area contributed by atoms with Crippen LogP contribution in [0.1, 0.15) is 90.9 Å². The number of aliphatic imine (C=N–C) groups is 1. The zero-order chi connectivity index (χ0) is 15.6. The largest absolute Gasteiger partial charge is 0.353 e. The Morgan fingerprint density at radius 3 is 2.18 bits per heavy atom. The Kier molecular flexibility index (Phi) is 8.11. The highest BCUT2D eigenvalue weighted by Gasteiger charge is 2.20. The van der Waals surface area contributed by atoms with E-state index in [0.29, 0.717) is 12.1 Å². The lowest BCUT2D eigenvalue weighted by Gasteiger charge is -2.32. The topological polar surface area (TPSA) is 27.6 Å². The van der Waals surface area contributed by atoms with Crippen molar-refractivity contribution in [1.29, 1.82) is 0 Å². The highest BCUT2D eigenvalue weighted by Crippen LogP contribution is 2.22. The molecule has 0 saturated heterocycles. The van der Waals surface area contributed by atoms with Gasteiger partial charge in [-0.05, 0) is 39.0 Å². The van der Waals surface area contributed by atoms with Crippen molar-refractivity contribution < 1.29 is 0 Å². The van der Waals surface area contributed by atoms with Crippen LogP contribution < -0.4 is 5.32 Å². The lowest BCUT2D eigenvalue weighted by Crippen LogP contribution is -2.47. The number of nitrogens with one attached hydrogen (secondary N) is 1. The SMILES string of the molecule is CCCCN(CC)C(=NC1CCCCC1)NC1CCCCC1. The molecular formula is C19H37N3. The first-order valence-corrected chi connectivity index (χ1v) is 9.92. The van der Waals surface area contributed by atoms with Gasteiger partial charge in [0.2, 0.25) is 0 Å².